The van der Waals surface area contributed by atoms with E-state index in [0.717, 1.165) is 17.5 Å². The molecule has 0 bridgehead atoms. The second-order valence-electron chi connectivity index (χ2n) is 5.18. The molecule has 1 aromatic carbocycles. The van der Waals surface area contributed by atoms with Gasteiger partial charge in [0.15, 0.2) is 5.58 Å². The Kier molecular flexibility index (Phi) is 4.35. The van der Waals surface area contributed by atoms with Crippen molar-refractivity contribution in [3.63, 3.8) is 0 Å². The van der Waals surface area contributed by atoms with E-state index in [9.17, 15) is 4.79 Å². The molecule has 2 atom stereocenters. The fourth-order valence-corrected chi connectivity index (χ4v) is 2.58. The monoisotopic (exact) mass is 281 g/mol. The summed E-state index contributed by atoms with van der Waals surface area (Å²) in [5.74, 6) is 0.0757. The average molecular weight is 282 g/mol. The zero-order chi connectivity index (χ0) is 14.0. The molecule has 0 aliphatic carbocycles. The quantitative estimate of drug-likeness (QED) is 0.769. The molecule has 1 aromatic heterocycles. The van der Waals surface area contributed by atoms with Crippen LogP contribution in [0.1, 0.15) is 44.1 Å². The van der Waals surface area contributed by atoms with Gasteiger partial charge >= 0.3 is 5.76 Å². The molecule has 0 radical (unpaired) electrons. The molecule has 0 spiro atoms. The predicted octanol–water partition coefficient (Wildman–Crippen LogP) is 4.24. The molecule has 0 aliphatic heterocycles. The van der Waals surface area contributed by atoms with Crippen LogP contribution in [-0.4, -0.2) is 4.57 Å². The lowest BCUT2D eigenvalue weighted by Gasteiger charge is -2.17. The Morgan fingerprint density at radius 2 is 2.16 bits per heavy atom. The minimum Gasteiger partial charge on any atom is -0.408 e. The molecule has 3 nitrogen and oxygen atoms in total. The molecule has 0 saturated heterocycles. The number of nitrogens with zero attached hydrogens (tertiary/aromatic N) is 1. The summed E-state index contributed by atoms with van der Waals surface area (Å²) < 4.78 is 6.70. The molecule has 4 heteroatoms. The Morgan fingerprint density at radius 3 is 2.84 bits per heavy atom. The maximum Gasteiger partial charge on any atom is 0.419 e. The van der Waals surface area contributed by atoms with Gasteiger partial charge in [0.1, 0.15) is 0 Å². The Bertz CT molecular complexity index is 614. The highest BCUT2D eigenvalue weighted by atomic mass is 35.5. The Labute approximate surface area is 118 Å². The van der Waals surface area contributed by atoms with Crippen LogP contribution in [0.3, 0.4) is 0 Å². The fourth-order valence-electron chi connectivity index (χ4n) is 2.32. The number of oxazole rings is 1. The first-order valence-corrected chi connectivity index (χ1v) is 7.21. The van der Waals surface area contributed by atoms with Crippen LogP contribution in [0.2, 0.25) is 0 Å². The molecule has 0 amide bonds. The summed E-state index contributed by atoms with van der Waals surface area (Å²) in [7, 11) is 1.70. The van der Waals surface area contributed by atoms with Crippen molar-refractivity contribution in [2.45, 2.75) is 38.5 Å². The maximum atomic E-state index is 11.5. The summed E-state index contributed by atoms with van der Waals surface area (Å²) in [6, 6.07) is 5.77. The maximum absolute atomic E-state index is 11.5. The molecular formula is C15H20ClNO2. The third-order valence-electron chi connectivity index (χ3n) is 3.65. The molecule has 1 heterocycles. The van der Waals surface area contributed by atoms with Crippen molar-refractivity contribution in [1.29, 1.82) is 0 Å². The molecule has 19 heavy (non-hydrogen) atoms. The standard InChI is InChI=1S/C15H20ClNO2/c1-4-5-6-10(2)14(16)11-7-8-12-13(9-11)19-15(18)17(12)3/h7-10,14H,4-6H2,1-3H3. The number of alkyl halides is 1. The number of fused-ring (bicyclic) bond motifs is 1. The molecule has 0 N–H and O–H groups in total. The van der Waals surface area contributed by atoms with Gasteiger partial charge in [0.05, 0.1) is 10.9 Å². The first-order valence-electron chi connectivity index (χ1n) is 6.78. The first kappa shape index (κ1) is 14.2. The lowest BCUT2D eigenvalue weighted by molar-refractivity contribution is 0.489. The second-order valence-corrected chi connectivity index (χ2v) is 5.65. The van der Waals surface area contributed by atoms with E-state index in [-0.39, 0.29) is 11.1 Å². The first-order chi connectivity index (χ1) is 9.04. The molecule has 2 aromatic rings. The van der Waals surface area contributed by atoms with Crippen molar-refractivity contribution in [1.82, 2.24) is 4.57 Å². The Morgan fingerprint density at radius 1 is 1.42 bits per heavy atom. The lowest BCUT2D eigenvalue weighted by atomic mass is 9.95. The average Bonchev–Trinajstić information content (AvgIpc) is 2.70. The number of halogens is 1. The molecular weight excluding hydrogens is 262 g/mol. The van der Waals surface area contributed by atoms with Gasteiger partial charge in [-0.2, -0.15) is 0 Å². The van der Waals surface area contributed by atoms with Gasteiger partial charge < -0.3 is 4.42 Å². The van der Waals surface area contributed by atoms with Gasteiger partial charge in [0, 0.05) is 7.05 Å². The minimum absolute atomic E-state index is 0.0403. The largest absolute Gasteiger partial charge is 0.419 e. The van der Waals surface area contributed by atoms with Crippen molar-refractivity contribution >= 4 is 22.7 Å². The zero-order valence-electron chi connectivity index (χ0n) is 11.6. The lowest BCUT2D eigenvalue weighted by Crippen LogP contribution is -2.08. The summed E-state index contributed by atoms with van der Waals surface area (Å²) in [5.41, 5.74) is 2.43. The fraction of sp³-hybridized carbons (Fsp3) is 0.533. The summed E-state index contributed by atoms with van der Waals surface area (Å²) >= 11 is 6.51. The number of aromatic nitrogens is 1. The van der Waals surface area contributed by atoms with Crippen molar-refractivity contribution in [2.75, 3.05) is 0 Å². The van der Waals surface area contributed by atoms with Crippen molar-refractivity contribution in [3.8, 4) is 0 Å². The highest BCUT2D eigenvalue weighted by Crippen LogP contribution is 2.33. The van der Waals surface area contributed by atoms with E-state index >= 15 is 0 Å². The highest BCUT2D eigenvalue weighted by Gasteiger charge is 2.17. The molecule has 0 fully saturated rings. The van der Waals surface area contributed by atoms with Crippen molar-refractivity contribution in [3.05, 3.63) is 34.3 Å². The van der Waals surface area contributed by atoms with E-state index in [0.29, 0.717) is 11.5 Å². The van der Waals surface area contributed by atoms with Crippen LogP contribution >= 0.6 is 11.6 Å². The summed E-state index contributed by atoms with van der Waals surface area (Å²) in [6.07, 6.45) is 3.48. The van der Waals surface area contributed by atoms with Crippen LogP contribution in [0.15, 0.2) is 27.4 Å². The third-order valence-corrected chi connectivity index (χ3v) is 4.33. The van der Waals surface area contributed by atoms with Crippen LogP contribution in [0.25, 0.3) is 11.1 Å². The number of benzene rings is 1. The molecule has 104 valence electrons. The van der Waals surface area contributed by atoms with Crippen LogP contribution in [0, 0.1) is 5.92 Å². The van der Waals surface area contributed by atoms with E-state index in [1.807, 2.05) is 18.2 Å². The van der Waals surface area contributed by atoms with Gasteiger partial charge in [0.25, 0.3) is 0 Å². The van der Waals surface area contributed by atoms with E-state index < -0.39 is 0 Å². The number of unbranched alkanes of at least 4 members (excludes halogenated alkanes) is 1. The van der Waals surface area contributed by atoms with Crippen LogP contribution in [0.4, 0.5) is 0 Å². The van der Waals surface area contributed by atoms with Crippen molar-refractivity contribution in [2.24, 2.45) is 13.0 Å². The van der Waals surface area contributed by atoms with Crippen LogP contribution in [-0.2, 0) is 7.05 Å². The highest BCUT2D eigenvalue weighted by molar-refractivity contribution is 6.21. The number of hydrogen-bond acceptors (Lipinski definition) is 2. The number of rotatable bonds is 5. The Hall–Kier alpha value is -1.22. The molecule has 0 aliphatic rings. The second kappa shape index (κ2) is 5.83. The topological polar surface area (TPSA) is 35.1 Å². The normalized spacial score (nSPS) is 14.7. The third kappa shape index (κ3) is 2.86. The van der Waals surface area contributed by atoms with E-state index in [1.165, 1.54) is 17.4 Å². The molecule has 2 rings (SSSR count). The van der Waals surface area contributed by atoms with Crippen molar-refractivity contribution < 1.29 is 4.42 Å². The van der Waals surface area contributed by atoms with Crippen LogP contribution < -0.4 is 5.76 Å². The smallest absolute Gasteiger partial charge is 0.408 e. The van der Waals surface area contributed by atoms with Gasteiger partial charge in [-0.25, -0.2) is 4.79 Å². The SMILES string of the molecule is CCCCC(C)C(Cl)c1ccc2c(c1)oc(=O)n2C. The summed E-state index contributed by atoms with van der Waals surface area (Å²) in [4.78, 5) is 11.5. The van der Waals surface area contributed by atoms with Gasteiger partial charge in [-0.05, 0) is 30.0 Å². The van der Waals surface area contributed by atoms with Gasteiger partial charge in [-0.3, -0.25) is 4.57 Å². The van der Waals surface area contributed by atoms with Gasteiger partial charge in [-0.1, -0.05) is 32.8 Å². The summed E-state index contributed by atoms with van der Waals surface area (Å²) in [5, 5.41) is -0.0403. The van der Waals surface area contributed by atoms with Crippen LogP contribution in [0.5, 0.6) is 0 Å². The van der Waals surface area contributed by atoms with E-state index in [4.69, 9.17) is 16.0 Å². The summed E-state index contributed by atoms with van der Waals surface area (Å²) in [6.45, 7) is 4.35. The molecule has 0 saturated carbocycles. The zero-order valence-corrected chi connectivity index (χ0v) is 12.4. The van der Waals surface area contributed by atoms with E-state index in [2.05, 4.69) is 13.8 Å². The molecule has 2 unspecified atom stereocenters. The number of hydrogen-bond donors (Lipinski definition) is 0. The predicted molar refractivity (Wildman–Crippen MR) is 78.7 cm³/mol. The minimum atomic E-state index is -0.336. The van der Waals surface area contributed by atoms with Gasteiger partial charge in [-0.15, -0.1) is 11.6 Å². The van der Waals surface area contributed by atoms with E-state index in [1.54, 1.807) is 7.05 Å². The number of aryl methyl sites for hydroxylation is 1. The Balaban J connectivity index is 2.27. The van der Waals surface area contributed by atoms with Gasteiger partial charge in [0.2, 0.25) is 0 Å².